The smallest absolute Gasteiger partial charge is 0.221 e. The quantitative estimate of drug-likeness (QED) is 0.829. The van der Waals surface area contributed by atoms with Crippen LogP contribution >= 0.6 is 0 Å². The Bertz CT molecular complexity index is 705. The van der Waals surface area contributed by atoms with Crippen LogP contribution in [0, 0.1) is 0 Å². The molecule has 1 fully saturated rings. The van der Waals surface area contributed by atoms with Crippen molar-refractivity contribution in [2.45, 2.75) is 38.6 Å². The van der Waals surface area contributed by atoms with Gasteiger partial charge < -0.3 is 15.0 Å². The van der Waals surface area contributed by atoms with Gasteiger partial charge in [-0.1, -0.05) is 6.42 Å². The molecule has 1 saturated heterocycles. The summed E-state index contributed by atoms with van der Waals surface area (Å²) in [5.41, 5.74) is 1.95. The summed E-state index contributed by atoms with van der Waals surface area (Å²) in [6, 6.07) is 7.66. The summed E-state index contributed by atoms with van der Waals surface area (Å²) >= 11 is 0. The Morgan fingerprint density at radius 2 is 1.96 bits per heavy atom. The Balaban J connectivity index is 1.51. The van der Waals surface area contributed by atoms with Crippen LogP contribution in [0.2, 0.25) is 0 Å². The first-order valence-corrected chi connectivity index (χ1v) is 9.36. The number of hydrogen-bond acceptors (Lipinski definition) is 4. The molecular formula is C20H28N4O2. The van der Waals surface area contributed by atoms with Crippen LogP contribution in [0.1, 0.15) is 44.2 Å². The number of methoxy groups -OCH3 is 1. The fourth-order valence-corrected chi connectivity index (χ4v) is 3.28. The van der Waals surface area contributed by atoms with Crippen molar-refractivity contribution in [3.63, 3.8) is 0 Å². The lowest BCUT2D eigenvalue weighted by Gasteiger charge is -2.26. The molecule has 1 aliphatic heterocycles. The van der Waals surface area contributed by atoms with Gasteiger partial charge in [0.2, 0.25) is 5.91 Å². The van der Waals surface area contributed by atoms with Crippen molar-refractivity contribution in [2.75, 3.05) is 26.7 Å². The molecule has 1 N–H and O–H groups in total. The van der Waals surface area contributed by atoms with E-state index in [-0.39, 0.29) is 11.9 Å². The van der Waals surface area contributed by atoms with Crippen LogP contribution in [0.3, 0.4) is 0 Å². The zero-order valence-corrected chi connectivity index (χ0v) is 15.6. The number of amides is 1. The van der Waals surface area contributed by atoms with E-state index in [4.69, 9.17) is 4.74 Å². The Morgan fingerprint density at radius 1 is 1.23 bits per heavy atom. The molecule has 2 aromatic rings. The van der Waals surface area contributed by atoms with Gasteiger partial charge in [0.05, 0.1) is 25.0 Å². The third-order valence-corrected chi connectivity index (χ3v) is 4.92. The minimum Gasteiger partial charge on any atom is -0.497 e. The fourth-order valence-electron chi connectivity index (χ4n) is 3.28. The van der Waals surface area contributed by atoms with Crippen LogP contribution in [0.25, 0.3) is 5.69 Å². The molecular weight excluding hydrogens is 328 g/mol. The van der Waals surface area contributed by atoms with E-state index in [0.29, 0.717) is 6.42 Å². The summed E-state index contributed by atoms with van der Waals surface area (Å²) in [4.78, 5) is 14.6. The van der Waals surface area contributed by atoms with E-state index in [1.165, 1.54) is 19.3 Å². The van der Waals surface area contributed by atoms with Crippen molar-refractivity contribution >= 4 is 5.91 Å². The number of ether oxygens (including phenoxy) is 1. The highest BCUT2D eigenvalue weighted by molar-refractivity contribution is 5.76. The summed E-state index contributed by atoms with van der Waals surface area (Å²) in [6.07, 6.45) is 8.14. The molecule has 0 spiro atoms. The fraction of sp³-hybridized carbons (Fsp3) is 0.500. The highest BCUT2D eigenvalue weighted by atomic mass is 16.5. The molecule has 0 radical (unpaired) electrons. The van der Waals surface area contributed by atoms with Crippen molar-refractivity contribution in [2.24, 2.45) is 0 Å². The Hall–Kier alpha value is -2.34. The van der Waals surface area contributed by atoms with Gasteiger partial charge in [0.15, 0.2) is 0 Å². The molecule has 1 atom stereocenters. The number of hydrogen-bond donors (Lipinski definition) is 1. The number of rotatable bonds is 7. The van der Waals surface area contributed by atoms with Crippen LogP contribution < -0.4 is 10.1 Å². The van der Waals surface area contributed by atoms with E-state index in [1.807, 2.05) is 42.1 Å². The lowest BCUT2D eigenvalue weighted by molar-refractivity contribution is -0.122. The Kier molecular flexibility index (Phi) is 6.28. The van der Waals surface area contributed by atoms with Crippen molar-refractivity contribution < 1.29 is 9.53 Å². The van der Waals surface area contributed by atoms with Gasteiger partial charge in [-0.3, -0.25) is 4.79 Å². The summed E-state index contributed by atoms with van der Waals surface area (Å²) in [7, 11) is 1.65. The largest absolute Gasteiger partial charge is 0.497 e. The van der Waals surface area contributed by atoms with Gasteiger partial charge in [0.1, 0.15) is 5.75 Å². The first-order valence-electron chi connectivity index (χ1n) is 9.36. The topological polar surface area (TPSA) is 59.4 Å². The second-order valence-corrected chi connectivity index (χ2v) is 6.86. The molecule has 1 aliphatic rings. The highest BCUT2D eigenvalue weighted by Gasteiger charge is 2.15. The van der Waals surface area contributed by atoms with E-state index in [1.54, 1.807) is 13.3 Å². The van der Waals surface area contributed by atoms with Gasteiger partial charge in [0, 0.05) is 24.7 Å². The van der Waals surface area contributed by atoms with Crippen molar-refractivity contribution in [3.8, 4) is 11.4 Å². The number of carbonyl (C=O) groups is 1. The van der Waals surface area contributed by atoms with Crippen molar-refractivity contribution in [1.29, 1.82) is 0 Å². The maximum Gasteiger partial charge on any atom is 0.221 e. The molecule has 1 aromatic heterocycles. The second-order valence-electron chi connectivity index (χ2n) is 6.86. The van der Waals surface area contributed by atoms with Crippen LogP contribution in [0.15, 0.2) is 36.7 Å². The molecule has 0 unspecified atom stereocenters. The standard InChI is InChI=1S/C20H28N4O2/c1-16(22-20(25)10-13-23-11-4-3-5-12-23)17-14-21-24(15-17)18-6-8-19(26-2)9-7-18/h6-9,14-16H,3-5,10-13H2,1-2H3,(H,22,25)/t16-/m0/s1. The van der Waals surface area contributed by atoms with Crippen LogP contribution in [0.4, 0.5) is 0 Å². The predicted octanol–water partition coefficient (Wildman–Crippen LogP) is 2.93. The Labute approximate surface area is 155 Å². The van der Waals surface area contributed by atoms with Gasteiger partial charge in [-0.2, -0.15) is 5.10 Å². The van der Waals surface area contributed by atoms with Gasteiger partial charge in [-0.15, -0.1) is 0 Å². The lowest BCUT2D eigenvalue weighted by atomic mass is 10.1. The third kappa shape index (κ3) is 4.85. The zero-order chi connectivity index (χ0) is 18.4. The average Bonchev–Trinajstić information content (AvgIpc) is 3.18. The number of nitrogens with zero attached hydrogens (tertiary/aromatic N) is 3. The minimum absolute atomic E-state index is 0.0594. The van der Waals surface area contributed by atoms with E-state index in [0.717, 1.165) is 36.6 Å². The maximum absolute atomic E-state index is 12.2. The van der Waals surface area contributed by atoms with Gasteiger partial charge >= 0.3 is 0 Å². The van der Waals surface area contributed by atoms with E-state index < -0.39 is 0 Å². The summed E-state index contributed by atoms with van der Waals surface area (Å²) in [5.74, 6) is 0.913. The molecule has 2 heterocycles. The lowest BCUT2D eigenvalue weighted by Crippen LogP contribution is -2.34. The molecule has 26 heavy (non-hydrogen) atoms. The zero-order valence-electron chi connectivity index (χ0n) is 15.6. The highest BCUT2D eigenvalue weighted by Crippen LogP contribution is 2.17. The minimum atomic E-state index is -0.0594. The molecule has 1 amide bonds. The van der Waals surface area contributed by atoms with Crippen molar-refractivity contribution in [3.05, 3.63) is 42.2 Å². The molecule has 0 aliphatic carbocycles. The first-order chi connectivity index (χ1) is 12.7. The SMILES string of the molecule is COc1ccc(-n2cc([C@H](C)NC(=O)CCN3CCCCC3)cn2)cc1. The normalized spacial score (nSPS) is 16.2. The number of carbonyl (C=O) groups excluding carboxylic acids is 1. The molecule has 140 valence electrons. The summed E-state index contributed by atoms with van der Waals surface area (Å²) in [6.45, 7) is 5.09. The summed E-state index contributed by atoms with van der Waals surface area (Å²) in [5, 5.41) is 7.49. The van der Waals surface area contributed by atoms with Crippen LogP contribution in [-0.4, -0.2) is 47.3 Å². The molecule has 3 rings (SSSR count). The molecule has 6 nitrogen and oxygen atoms in total. The third-order valence-electron chi connectivity index (χ3n) is 4.92. The molecule has 6 heteroatoms. The number of piperidine rings is 1. The van der Waals surface area contributed by atoms with Crippen LogP contribution in [-0.2, 0) is 4.79 Å². The average molecular weight is 356 g/mol. The molecule has 1 aromatic carbocycles. The second kappa shape index (κ2) is 8.85. The number of nitrogens with one attached hydrogen (secondary N) is 1. The van der Waals surface area contributed by atoms with Gasteiger partial charge in [-0.05, 0) is 57.1 Å². The van der Waals surface area contributed by atoms with E-state index in [2.05, 4.69) is 15.3 Å². The van der Waals surface area contributed by atoms with Crippen LogP contribution in [0.5, 0.6) is 5.75 Å². The number of benzene rings is 1. The van der Waals surface area contributed by atoms with Gasteiger partial charge in [-0.25, -0.2) is 4.68 Å². The predicted molar refractivity (Wildman–Crippen MR) is 102 cm³/mol. The van der Waals surface area contributed by atoms with Crippen molar-refractivity contribution in [1.82, 2.24) is 20.0 Å². The first kappa shape index (κ1) is 18.5. The molecule has 0 bridgehead atoms. The van der Waals surface area contributed by atoms with E-state index >= 15 is 0 Å². The summed E-state index contributed by atoms with van der Waals surface area (Å²) < 4.78 is 6.99. The number of likely N-dealkylation sites (tertiary alicyclic amines) is 1. The maximum atomic E-state index is 12.2. The van der Waals surface area contributed by atoms with Gasteiger partial charge in [0.25, 0.3) is 0 Å². The number of aromatic nitrogens is 2. The van der Waals surface area contributed by atoms with E-state index in [9.17, 15) is 4.79 Å². The monoisotopic (exact) mass is 356 g/mol. The molecule has 0 saturated carbocycles. The Morgan fingerprint density at radius 3 is 2.65 bits per heavy atom.